The van der Waals surface area contributed by atoms with E-state index < -0.39 is 0 Å². The fraction of sp³-hybridized carbons (Fsp3) is 0.529. The Balaban J connectivity index is 1.92. The second-order valence-electron chi connectivity index (χ2n) is 5.81. The fourth-order valence-electron chi connectivity index (χ4n) is 2.51. The minimum atomic E-state index is -0.0277. The van der Waals surface area contributed by atoms with Gasteiger partial charge in [0.25, 0.3) is 5.91 Å². The van der Waals surface area contributed by atoms with Gasteiger partial charge in [-0.2, -0.15) is 0 Å². The number of piperazine rings is 1. The van der Waals surface area contributed by atoms with Crippen LogP contribution in [0.4, 0.5) is 4.79 Å². The molecule has 22 heavy (non-hydrogen) atoms. The summed E-state index contributed by atoms with van der Waals surface area (Å²) in [5.74, 6) is 0.0525. The summed E-state index contributed by atoms with van der Waals surface area (Å²) in [7, 11) is 0. The van der Waals surface area contributed by atoms with Gasteiger partial charge in [-0.3, -0.25) is 4.79 Å². The number of hydrogen-bond donors (Lipinski definition) is 1. The van der Waals surface area contributed by atoms with Crippen LogP contribution >= 0.6 is 0 Å². The van der Waals surface area contributed by atoms with E-state index in [1.807, 2.05) is 43.9 Å². The molecule has 0 unspecified atom stereocenters. The van der Waals surface area contributed by atoms with Gasteiger partial charge in [0.15, 0.2) is 0 Å². The van der Waals surface area contributed by atoms with Crippen molar-refractivity contribution in [2.24, 2.45) is 0 Å². The van der Waals surface area contributed by atoms with Crippen LogP contribution in [0.15, 0.2) is 18.2 Å². The molecule has 1 fully saturated rings. The number of hydrogen-bond acceptors (Lipinski definition) is 2. The smallest absolute Gasteiger partial charge is 0.317 e. The van der Waals surface area contributed by atoms with Crippen molar-refractivity contribution in [1.82, 2.24) is 15.1 Å². The molecule has 2 rings (SSSR count). The molecule has 1 aromatic rings. The number of nitrogens with zero attached hydrogens (tertiary/aromatic N) is 2. The molecule has 5 heteroatoms. The average Bonchev–Trinajstić information content (AvgIpc) is 2.54. The second-order valence-corrected chi connectivity index (χ2v) is 5.81. The van der Waals surface area contributed by atoms with Gasteiger partial charge in [-0.1, -0.05) is 13.0 Å². The van der Waals surface area contributed by atoms with Crippen molar-refractivity contribution >= 4 is 11.9 Å². The molecule has 1 N–H and O–H groups in total. The number of nitrogens with one attached hydrogen (secondary N) is 1. The predicted molar refractivity (Wildman–Crippen MR) is 87.1 cm³/mol. The number of urea groups is 1. The molecule has 5 nitrogen and oxygen atoms in total. The van der Waals surface area contributed by atoms with Crippen LogP contribution in [0.5, 0.6) is 0 Å². The van der Waals surface area contributed by atoms with Crippen molar-refractivity contribution in [2.75, 3.05) is 32.7 Å². The fourth-order valence-corrected chi connectivity index (χ4v) is 2.51. The molecule has 1 aliphatic rings. The molecule has 1 aliphatic heterocycles. The van der Waals surface area contributed by atoms with Gasteiger partial charge in [0.05, 0.1) is 0 Å². The molecule has 0 radical (unpaired) electrons. The molecule has 120 valence electrons. The summed E-state index contributed by atoms with van der Waals surface area (Å²) in [6.45, 7) is 9.13. The number of aryl methyl sites for hydroxylation is 2. The Morgan fingerprint density at radius 3 is 2.27 bits per heavy atom. The maximum atomic E-state index is 12.5. The topological polar surface area (TPSA) is 52.7 Å². The van der Waals surface area contributed by atoms with Gasteiger partial charge in [-0.15, -0.1) is 0 Å². The van der Waals surface area contributed by atoms with E-state index in [1.165, 1.54) is 5.56 Å². The third-order valence-corrected chi connectivity index (χ3v) is 4.13. The van der Waals surface area contributed by atoms with E-state index in [4.69, 9.17) is 0 Å². The van der Waals surface area contributed by atoms with Crippen LogP contribution in [-0.2, 0) is 0 Å². The first-order valence-electron chi connectivity index (χ1n) is 7.92. The van der Waals surface area contributed by atoms with Gasteiger partial charge < -0.3 is 15.1 Å². The highest BCUT2D eigenvalue weighted by Gasteiger charge is 2.24. The van der Waals surface area contributed by atoms with Crippen LogP contribution in [0.2, 0.25) is 0 Å². The van der Waals surface area contributed by atoms with Crippen molar-refractivity contribution in [2.45, 2.75) is 27.2 Å². The third kappa shape index (κ3) is 3.78. The van der Waals surface area contributed by atoms with Crippen molar-refractivity contribution in [3.05, 3.63) is 34.9 Å². The van der Waals surface area contributed by atoms with E-state index in [2.05, 4.69) is 5.32 Å². The zero-order valence-electron chi connectivity index (χ0n) is 13.7. The Morgan fingerprint density at radius 1 is 1.05 bits per heavy atom. The van der Waals surface area contributed by atoms with E-state index in [-0.39, 0.29) is 11.9 Å². The zero-order chi connectivity index (χ0) is 16.1. The highest BCUT2D eigenvalue weighted by molar-refractivity contribution is 5.94. The van der Waals surface area contributed by atoms with Crippen LogP contribution in [-0.4, -0.2) is 54.5 Å². The number of carbonyl (C=O) groups is 2. The van der Waals surface area contributed by atoms with E-state index >= 15 is 0 Å². The van der Waals surface area contributed by atoms with E-state index in [0.717, 1.165) is 17.5 Å². The van der Waals surface area contributed by atoms with Crippen LogP contribution in [0, 0.1) is 13.8 Å². The number of benzene rings is 1. The summed E-state index contributed by atoms with van der Waals surface area (Å²) >= 11 is 0. The van der Waals surface area contributed by atoms with Gasteiger partial charge in [0.2, 0.25) is 0 Å². The Morgan fingerprint density at radius 2 is 1.68 bits per heavy atom. The highest BCUT2D eigenvalue weighted by Crippen LogP contribution is 2.13. The Hall–Kier alpha value is -2.04. The van der Waals surface area contributed by atoms with Crippen molar-refractivity contribution in [1.29, 1.82) is 0 Å². The average molecular weight is 303 g/mol. The highest BCUT2D eigenvalue weighted by atomic mass is 16.2. The molecule has 0 spiro atoms. The lowest BCUT2D eigenvalue weighted by molar-refractivity contribution is 0.0665. The molecule has 1 heterocycles. The normalized spacial score (nSPS) is 14.9. The predicted octanol–water partition coefficient (Wildman–Crippen LogP) is 2.18. The van der Waals surface area contributed by atoms with Gasteiger partial charge in [-0.05, 0) is 43.5 Å². The molecular weight excluding hydrogens is 278 g/mol. The molecule has 0 saturated carbocycles. The van der Waals surface area contributed by atoms with Crippen LogP contribution in [0.25, 0.3) is 0 Å². The monoisotopic (exact) mass is 303 g/mol. The molecular formula is C17H25N3O2. The first-order chi connectivity index (χ1) is 10.5. The first kappa shape index (κ1) is 16.3. The number of amides is 3. The minimum absolute atomic E-state index is 0.0277. The summed E-state index contributed by atoms with van der Waals surface area (Å²) in [5.41, 5.74) is 3.05. The van der Waals surface area contributed by atoms with Gasteiger partial charge in [-0.25, -0.2) is 4.79 Å². The first-order valence-corrected chi connectivity index (χ1v) is 7.92. The largest absolute Gasteiger partial charge is 0.338 e. The van der Waals surface area contributed by atoms with Crippen LogP contribution in [0.3, 0.4) is 0 Å². The molecule has 0 atom stereocenters. The van der Waals surface area contributed by atoms with Crippen molar-refractivity contribution in [3.63, 3.8) is 0 Å². The van der Waals surface area contributed by atoms with E-state index in [1.54, 1.807) is 4.90 Å². The standard InChI is InChI=1S/C17H25N3O2/c1-4-7-18-17(22)20-10-8-19(9-11-20)16(21)15-6-5-13(2)14(3)12-15/h5-6,12H,4,7-11H2,1-3H3,(H,18,22). The Kier molecular flexibility index (Phi) is 5.41. The summed E-state index contributed by atoms with van der Waals surface area (Å²) in [6.07, 6.45) is 0.928. The Bertz CT molecular complexity index is 549. The van der Waals surface area contributed by atoms with Gasteiger partial charge in [0.1, 0.15) is 0 Å². The number of carbonyl (C=O) groups excluding carboxylic acids is 2. The van der Waals surface area contributed by atoms with Gasteiger partial charge >= 0.3 is 6.03 Å². The SMILES string of the molecule is CCCNC(=O)N1CCN(C(=O)c2ccc(C)c(C)c2)CC1. The lowest BCUT2D eigenvalue weighted by atomic mass is 10.1. The van der Waals surface area contributed by atoms with Crippen LogP contribution < -0.4 is 5.32 Å². The molecule has 3 amide bonds. The summed E-state index contributed by atoms with van der Waals surface area (Å²) in [5, 5.41) is 2.88. The van der Waals surface area contributed by atoms with Crippen molar-refractivity contribution < 1.29 is 9.59 Å². The van der Waals surface area contributed by atoms with E-state index in [0.29, 0.717) is 32.7 Å². The lowest BCUT2D eigenvalue weighted by Gasteiger charge is -2.34. The molecule has 1 aromatic carbocycles. The third-order valence-electron chi connectivity index (χ3n) is 4.13. The Labute approximate surface area is 132 Å². The maximum Gasteiger partial charge on any atom is 0.317 e. The van der Waals surface area contributed by atoms with E-state index in [9.17, 15) is 9.59 Å². The maximum absolute atomic E-state index is 12.5. The summed E-state index contributed by atoms with van der Waals surface area (Å²) in [6, 6.07) is 5.78. The van der Waals surface area contributed by atoms with Gasteiger partial charge in [0, 0.05) is 38.3 Å². The van der Waals surface area contributed by atoms with Crippen molar-refractivity contribution in [3.8, 4) is 0 Å². The lowest BCUT2D eigenvalue weighted by Crippen LogP contribution is -2.53. The molecule has 0 bridgehead atoms. The summed E-state index contributed by atoms with van der Waals surface area (Å²) in [4.78, 5) is 28.0. The number of rotatable bonds is 3. The second kappa shape index (κ2) is 7.29. The zero-order valence-corrected chi connectivity index (χ0v) is 13.7. The van der Waals surface area contributed by atoms with Crippen LogP contribution in [0.1, 0.15) is 34.8 Å². The molecule has 0 aliphatic carbocycles. The molecule has 1 saturated heterocycles. The quantitative estimate of drug-likeness (QED) is 0.930. The minimum Gasteiger partial charge on any atom is -0.338 e. The molecule has 0 aromatic heterocycles. The summed E-state index contributed by atoms with van der Waals surface area (Å²) < 4.78 is 0.